The van der Waals surface area contributed by atoms with E-state index in [0.29, 0.717) is 12.0 Å². The van der Waals surface area contributed by atoms with Gasteiger partial charge in [0.15, 0.2) is 25.1 Å². The standard InChI is InChI=1S/C11H14N2O4/c12-11(16)7-1-3-13(4-2-7)10-5-8(15)9(6-14)17-10/h1-4,8-10,14-15H,5-6H2,(H-,12,16)/p+1/t8-,9+,10+/m0/s1. The molecule has 4 N–H and O–H groups in total. The third-order valence-electron chi connectivity index (χ3n) is 2.85. The highest BCUT2D eigenvalue weighted by Crippen LogP contribution is 2.23. The topological polar surface area (TPSA) is 103 Å². The van der Waals surface area contributed by atoms with Crippen molar-refractivity contribution in [2.45, 2.75) is 24.9 Å². The zero-order chi connectivity index (χ0) is 12.4. The summed E-state index contributed by atoms with van der Waals surface area (Å²) in [5.74, 6) is -0.728. The van der Waals surface area contributed by atoms with Gasteiger partial charge in [0.1, 0.15) is 0 Å². The fourth-order valence-corrected chi connectivity index (χ4v) is 1.86. The molecule has 17 heavy (non-hydrogen) atoms. The van der Waals surface area contributed by atoms with Gasteiger partial charge in [-0.2, -0.15) is 4.57 Å². The van der Waals surface area contributed by atoms with E-state index in [1.165, 1.54) is 0 Å². The molecule has 0 radical (unpaired) electrons. The number of hydrogen-bond donors (Lipinski definition) is 2. The van der Waals surface area contributed by atoms with Crippen molar-refractivity contribution in [3.8, 4) is 0 Å². The first-order valence-electron chi connectivity index (χ1n) is 5.36. The smallest absolute Gasteiger partial charge is 0.265 e. The molecular weight excluding hydrogens is 224 g/mol. The highest BCUT2D eigenvalue weighted by molar-refractivity contribution is 5.87. The molecule has 1 fully saturated rings. The summed E-state index contributed by atoms with van der Waals surface area (Å²) in [6.45, 7) is 0.0293. The summed E-state index contributed by atoms with van der Waals surface area (Å²) in [4.78, 5) is 0. The molecule has 6 nitrogen and oxygen atoms in total. The first-order valence-corrected chi connectivity index (χ1v) is 5.36. The maximum atomic E-state index is 10.8. The molecule has 92 valence electrons. The molecule has 0 bridgehead atoms. The quantitative estimate of drug-likeness (QED) is 0.277. The van der Waals surface area contributed by atoms with Gasteiger partial charge in [0.25, 0.3) is 6.23 Å². The third-order valence-corrected chi connectivity index (χ3v) is 2.85. The van der Waals surface area contributed by atoms with Crippen LogP contribution in [0.3, 0.4) is 0 Å². The minimum atomic E-state index is -0.728. The van der Waals surface area contributed by atoms with Crippen molar-refractivity contribution >= 4 is 5.90 Å². The summed E-state index contributed by atoms with van der Waals surface area (Å²) in [7, 11) is 0. The van der Waals surface area contributed by atoms with Gasteiger partial charge < -0.3 is 25.5 Å². The van der Waals surface area contributed by atoms with Gasteiger partial charge in [-0.15, -0.1) is 0 Å². The van der Waals surface area contributed by atoms with Crippen LogP contribution in [0.15, 0.2) is 24.5 Å². The molecule has 0 spiro atoms. The Kier molecular flexibility index (Phi) is 3.37. The van der Waals surface area contributed by atoms with Gasteiger partial charge in [0, 0.05) is 12.1 Å². The first kappa shape index (κ1) is 12.0. The summed E-state index contributed by atoms with van der Waals surface area (Å²) in [5, 5.41) is 34.6. The number of rotatable bonds is 3. The van der Waals surface area contributed by atoms with Gasteiger partial charge in [0.2, 0.25) is 0 Å². The van der Waals surface area contributed by atoms with Gasteiger partial charge in [-0.1, -0.05) is 0 Å². The van der Waals surface area contributed by atoms with Crippen molar-refractivity contribution in [3.63, 3.8) is 0 Å². The van der Waals surface area contributed by atoms with Gasteiger partial charge in [-0.05, 0) is 11.5 Å². The monoisotopic (exact) mass is 239 g/mol. The van der Waals surface area contributed by atoms with E-state index in [1.807, 2.05) is 0 Å². The lowest BCUT2D eigenvalue weighted by atomic mass is 10.2. The zero-order valence-corrected chi connectivity index (χ0v) is 9.17. The first-order chi connectivity index (χ1) is 8.11. The molecule has 0 saturated carbocycles. The van der Waals surface area contributed by atoms with Crippen LogP contribution in [0.5, 0.6) is 0 Å². The molecule has 1 aliphatic rings. The number of pyridine rings is 1. The normalized spacial score (nSPS) is 28.2. The van der Waals surface area contributed by atoms with Crippen molar-refractivity contribution in [3.05, 3.63) is 30.1 Å². The van der Waals surface area contributed by atoms with E-state index in [-0.39, 0.29) is 12.8 Å². The minimum absolute atomic E-state index is 0.0293. The second-order valence-electron chi connectivity index (χ2n) is 4.00. The second kappa shape index (κ2) is 4.79. The van der Waals surface area contributed by atoms with E-state index in [2.05, 4.69) is 0 Å². The fraction of sp³-hybridized carbons (Fsp3) is 0.455. The van der Waals surface area contributed by atoms with Crippen molar-refractivity contribution in [2.24, 2.45) is 0 Å². The number of aliphatic hydroxyl groups excluding tert-OH is 1. The Bertz CT molecular complexity index is 406. The predicted molar refractivity (Wildman–Crippen MR) is 56.5 cm³/mol. The molecule has 1 saturated heterocycles. The van der Waals surface area contributed by atoms with Crippen LogP contribution in [-0.4, -0.2) is 34.9 Å². The third kappa shape index (κ3) is 2.44. The van der Waals surface area contributed by atoms with E-state index in [0.717, 1.165) is 0 Å². The number of nitrogens with zero attached hydrogens (tertiary/aromatic N) is 1. The molecule has 6 heteroatoms. The molecule has 2 heterocycles. The lowest BCUT2D eigenvalue weighted by Gasteiger charge is -2.08. The summed E-state index contributed by atoms with van der Waals surface area (Å²) < 4.78 is 7.23. The van der Waals surface area contributed by atoms with Crippen LogP contribution < -0.4 is 9.67 Å². The SMILES string of the molecule is N=C([O-])c1cc[n+]([C@H]2C[C@H](O)[C@@H](C[OH2+])O2)cc1. The van der Waals surface area contributed by atoms with Gasteiger partial charge in [-0.25, -0.2) is 0 Å². The lowest BCUT2D eigenvalue weighted by Crippen LogP contribution is -2.39. The van der Waals surface area contributed by atoms with Crippen LogP contribution in [0.4, 0.5) is 0 Å². The van der Waals surface area contributed by atoms with E-state index in [9.17, 15) is 10.2 Å². The van der Waals surface area contributed by atoms with Crippen molar-refractivity contribution < 1.29 is 24.6 Å². The Labute approximate surface area is 98.2 Å². The maximum Gasteiger partial charge on any atom is 0.265 e. The number of aromatic nitrogens is 1. The predicted octanol–water partition coefficient (Wildman–Crippen LogP) is -1.97. The van der Waals surface area contributed by atoms with Crippen LogP contribution >= 0.6 is 0 Å². The fourth-order valence-electron chi connectivity index (χ4n) is 1.86. The van der Waals surface area contributed by atoms with Gasteiger partial charge in [0.05, 0.1) is 12.5 Å². The lowest BCUT2D eigenvalue weighted by molar-refractivity contribution is -0.759. The summed E-state index contributed by atoms with van der Waals surface area (Å²) in [6.07, 6.45) is 2.34. The molecule has 0 unspecified atom stereocenters. The second-order valence-corrected chi connectivity index (χ2v) is 4.00. The van der Waals surface area contributed by atoms with Crippen LogP contribution in [-0.2, 0) is 4.74 Å². The van der Waals surface area contributed by atoms with Gasteiger partial charge >= 0.3 is 0 Å². The molecule has 0 amide bonds. The Morgan fingerprint density at radius 1 is 1.59 bits per heavy atom. The Morgan fingerprint density at radius 3 is 2.71 bits per heavy atom. The number of nitrogens with one attached hydrogen (secondary N) is 1. The molecule has 1 aromatic heterocycles. The summed E-state index contributed by atoms with van der Waals surface area (Å²) in [5.41, 5.74) is 0.317. The van der Waals surface area contributed by atoms with Crippen molar-refractivity contribution in [1.82, 2.24) is 0 Å². The molecule has 1 aromatic rings. The Hall–Kier alpha value is -1.50. The van der Waals surface area contributed by atoms with Crippen LogP contribution in [0.2, 0.25) is 0 Å². The van der Waals surface area contributed by atoms with E-state index < -0.39 is 18.1 Å². The Balaban J connectivity index is 2.11. The van der Waals surface area contributed by atoms with Crippen LogP contribution in [0, 0.1) is 5.41 Å². The van der Waals surface area contributed by atoms with E-state index in [4.69, 9.17) is 15.3 Å². The highest BCUT2D eigenvalue weighted by atomic mass is 16.5. The Morgan fingerprint density at radius 2 is 2.24 bits per heavy atom. The molecular formula is C11H15N2O4+. The van der Waals surface area contributed by atoms with E-state index >= 15 is 0 Å². The molecule has 3 atom stereocenters. The molecule has 1 aliphatic heterocycles. The average molecular weight is 239 g/mol. The highest BCUT2D eigenvalue weighted by Gasteiger charge is 2.40. The van der Waals surface area contributed by atoms with Crippen LogP contribution in [0.25, 0.3) is 0 Å². The molecule has 0 aliphatic carbocycles. The zero-order valence-electron chi connectivity index (χ0n) is 9.17. The average Bonchev–Trinajstić information content (AvgIpc) is 2.70. The summed E-state index contributed by atoms with van der Waals surface area (Å²) >= 11 is 0. The molecule has 2 rings (SSSR count). The van der Waals surface area contributed by atoms with Crippen molar-refractivity contribution in [1.29, 1.82) is 5.41 Å². The number of ether oxygens (including phenoxy) is 1. The summed E-state index contributed by atoms with van der Waals surface area (Å²) in [6, 6.07) is 3.08. The van der Waals surface area contributed by atoms with Crippen LogP contribution in [0.1, 0.15) is 18.2 Å². The molecule has 0 aromatic carbocycles. The van der Waals surface area contributed by atoms with Gasteiger partial charge in [-0.3, -0.25) is 0 Å². The number of hydrogen-bond acceptors (Lipinski definition) is 4. The minimum Gasteiger partial charge on any atom is -0.859 e. The van der Waals surface area contributed by atoms with E-state index in [1.54, 1.807) is 29.1 Å². The number of aliphatic hydroxyl groups is 1. The largest absolute Gasteiger partial charge is 0.859 e. The van der Waals surface area contributed by atoms with Crippen molar-refractivity contribution in [2.75, 3.05) is 6.61 Å². The maximum absolute atomic E-state index is 10.8.